The second-order valence-corrected chi connectivity index (χ2v) is 6.01. The molecule has 22 heavy (non-hydrogen) atoms. The summed E-state index contributed by atoms with van der Waals surface area (Å²) in [6.45, 7) is 1.47. The fourth-order valence-corrected chi connectivity index (χ4v) is 2.61. The monoisotopic (exact) mass is 315 g/mol. The van der Waals surface area contributed by atoms with Gasteiger partial charge >= 0.3 is 5.97 Å². The Hall–Kier alpha value is -2.27. The minimum absolute atomic E-state index is 0.284. The normalized spacial score (nSPS) is 11.5. The van der Waals surface area contributed by atoms with Crippen molar-refractivity contribution in [2.75, 3.05) is 11.9 Å². The molecule has 0 bridgehead atoms. The summed E-state index contributed by atoms with van der Waals surface area (Å²) >= 11 is 1.40. The summed E-state index contributed by atoms with van der Waals surface area (Å²) in [5, 5.41) is 2.29. The van der Waals surface area contributed by atoms with E-state index in [1.54, 1.807) is 19.1 Å². The second kappa shape index (κ2) is 8.24. The van der Waals surface area contributed by atoms with Crippen molar-refractivity contribution in [3.63, 3.8) is 0 Å². The zero-order valence-corrected chi connectivity index (χ0v) is 13.0. The van der Waals surface area contributed by atoms with Crippen molar-refractivity contribution in [2.24, 2.45) is 0 Å². The fraction of sp³-hybridized carbons (Fsp3) is 0.176. The molecule has 5 heteroatoms. The maximum Gasteiger partial charge on any atom is 0.319 e. The number of ether oxygens (including phenoxy) is 1. The van der Waals surface area contributed by atoms with E-state index < -0.39 is 5.97 Å². The molecule has 0 aromatic heterocycles. The van der Waals surface area contributed by atoms with Crippen LogP contribution in [0.25, 0.3) is 0 Å². The van der Waals surface area contributed by atoms with Crippen LogP contribution in [-0.2, 0) is 14.3 Å². The van der Waals surface area contributed by atoms with Gasteiger partial charge in [-0.2, -0.15) is 0 Å². The van der Waals surface area contributed by atoms with Gasteiger partial charge in [0.2, 0.25) is 0 Å². The van der Waals surface area contributed by atoms with Crippen LogP contribution in [-0.4, -0.2) is 23.7 Å². The van der Waals surface area contributed by atoms with Crippen molar-refractivity contribution in [3.05, 3.63) is 60.7 Å². The van der Waals surface area contributed by atoms with E-state index >= 15 is 0 Å². The first kappa shape index (κ1) is 16.1. The Kier molecular flexibility index (Phi) is 6.03. The molecule has 0 saturated carbocycles. The maximum absolute atomic E-state index is 11.9. The van der Waals surface area contributed by atoms with E-state index in [0.717, 1.165) is 4.90 Å². The molecule has 114 valence electrons. The maximum atomic E-state index is 11.9. The van der Waals surface area contributed by atoms with Crippen molar-refractivity contribution in [2.45, 2.75) is 17.1 Å². The average molecular weight is 315 g/mol. The first-order valence-corrected chi connectivity index (χ1v) is 7.76. The Morgan fingerprint density at radius 3 is 2.27 bits per heavy atom. The van der Waals surface area contributed by atoms with Crippen LogP contribution in [0.2, 0.25) is 0 Å². The highest BCUT2D eigenvalue weighted by Crippen LogP contribution is 2.23. The molecule has 0 aliphatic rings. The van der Waals surface area contributed by atoms with Gasteiger partial charge in [0, 0.05) is 10.6 Å². The number of para-hydroxylation sites is 1. The van der Waals surface area contributed by atoms with Crippen LogP contribution in [0.4, 0.5) is 5.69 Å². The zero-order chi connectivity index (χ0) is 15.8. The average Bonchev–Trinajstić information content (AvgIpc) is 2.54. The highest BCUT2D eigenvalue weighted by Gasteiger charge is 2.17. The highest BCUT2D eigenvalue weighted by atomic mass is 32.2. The highest BCUT2D eigenvalue weighted by molar-refractivity contribution is 8.00. The molecule has 1 atom stereocenters. The number of carbonyl (C=O) groups is 2. The lowest BCUT2D eigenvalue weighted by molar-refractivity contribution is -0.146. The van der Waals surface area contributed by atoms with Crippen molar-refractivity contribution in [1.82, 2.24) is 0 Å². The predicted molar refractivity (Wildman–Crippen MR) is 87.8 cm³/mol. The van der Waals surface area contributed by atoms with Gasteiger partial charge in [-0.25, -0.2) is 0 Å². The van der Waals surface area contributed by atoms with Crippen LogP contribution in [0.1, 0.15) is 6.92 Å². The number of hydrogen-bond acceptors (Lipinski definition) is 4. The molecule has 0 heterocycles. The van der Waals surface area contributed by atoms with E-state index in [2.05, 4.69) is 5.32 Å². The van der Waals surface area contributed by atoms with E-state index in [0.29, 0.717) is 5.69 Å². The Balaban J connectivity index is 1.76. The molecule has 2 rings (SSSR count). The van der Waals surface area contributed by atoms with E-state index in [4.69, 9.17) is 4.74 Å². The quantitative estimate of drug-likeness (QED) is 0.656. The van der Waals surface area contributed by atoms with Crippen LogP contribution in [0, 0.1) is 0 Å². The molecule has 0 aliphatic carbocycles. The molecule has 0 aliphatic heterocycles. The molecule has 1 amide bonds. The third-order valence-electron chi connectivity index (χ3n) is 2.79. The smallest absolute Gasteiger partial charge is 0.319 e. The Morgan fingerprint density at radius 1 is 1.05 bits per heavy atom. The second-order valence-electron chi connectivity index (χ2n) is 4.60. The summed E-state index contributed by atoms with van der Waals surface area (Å²) in [5.41, 5.74) is 0.676. The van der Waals surface area contributed by atoms with E-state index in [1.807, 2.05) is 48.5 Å². The number of benzene rings is 2. The van der Waals surface area contributed by atoms with Crippen LogP contribution in [0.5, 0.6) is 0 Å². The molecule has 0 saturated heterocycles. The van der Waals surface area contributed by atoms with Gasteiger partial charge < -0.3 is 10.1 Å². The summed E-state index contributed by atoms with van der Waals surface area (Å²) in [6, 6.07) is 18.6. The van der Waals surface area contributed by atoms with Gasteiger partial charge in [0.15, 0.2) is 6.61 Å². The number of anilines is 1. The van der Waals surface area contributed by atoms with Crippen LogP contribution in [0.3, 0.4) is 0 Å². The summed E-state index contributed by atoms with van der Waals surface area (Å²) < 4.78 is 5.04. The number of amides is 1. The first-order valence-electron chi connectivity index (χ1n) is 6.88. The Bertz CT molecular complexity index is 616. The topological polar surface area (TPSA) is 55.4 Å². The van der Waals surface area contributed by atoms with Gasteiger partial charge in [0.25, 0.3) is 5.91 Å². The number of rotatable bonds is 6. The molecule has 0 fully saturated rings. The molecular formula is C17H17NO3S. The van der Waals surface area contributed by atoms with Crippen molar-refractivity contribution in [1.29, 1.82) is 0 Å². The third-order valence-corrected chi connectivity index (χ3v) is 3.88. The number of nitrogens with one attached hydrogen (secondary N) is 1. The number of thioether (sulfide) groups is 1. The van der Waals surface area contributed by atoms with E-state index in [1.165, 1.54) is 11.8 Å². The third kappa shape index (κ3) is 5.26. The minimum atomic E-state index is -0.405. The molecule has 2 aromatic rings. The standard InChI is InChI=1S/C17H17NO3S/c1-13(22-15-10-6-3-7-11-15)17(20)21-12-16(19)18-14-8-4-2-5-9-14/h2-11,13H,12H2,1H3,(H,18,19)/t13-/m1/s1. The van der Waals surface area contributed by atoms with Gasteiger partial charge in [-0.3, -0.25) is 9.59 Å². The van der Waals surface area contributed by atoms with Crippen molar-refractivity contribution in [3.8, 4) is 0 Å². The summed E-state index contributed by atoms with van der Waals surface area (Å²) in [5.74, 6) is -0.756. The van der Waals surface area contributed by atoms with Gasteiger partial charge in [0.1, 0.15) is 5.25 Å². The predicted octanol–water partition coefficient (Wildman–Crippen LogP) is 3.35. The lowest BCUT2D eigenvalue weighted by atomic mass is 10.3. The van der Waals surface area contributed by atoms with Crippen LogP contribution >= 0.6 is 11.8 Å². The van der Waals surface area contributed by atoms with Gasteiger partial charge in [-0.1, -0.05) is 36.4 Å². The van der Waals surface area contributed by atoms with E-state index in [9.17, 15) is 9.59 Å². The van der Waals surface area contributed by atoms with Crippen LogP contribution in [0.15, 0.2) is 65.6 Å². The van der Waals surface area contributed by atoms with Gasteiger partial charge in [0.05, 0.1) is 0 Å². The number of carbonyl (C=O) groups excluding carboxylic acids is 2. The fourth-order valence-electron chi connectivity index (χ4n) is 1.72. The summed E-state index contributed by atoms with van der Waals surface area (Å²) in [6.07, 6.45) is 0. The zero-order valence-electron chi connectivity index (χ0n) is 12.2. The van der Waals surface area contributed by atoms with Crippen molar-refractivity contribution < 1.29 is 14.3 Å². The molecule has 4 nitrogen and oxygen atoms in total. The molecule has 0 radical (unpaired) electrons. The Labute approximate surface area is 133 Å². The lowest BCUT2D eigenvalue weighted by Gasteiger charge is -2.11. The SMILES string of the molecule is C[C@@H](Sc1ccccc1)C(=O)OCC(=O)Nc1ccccc1. The minimum Gasteiger partial charge on any atom is -0.455 e. The van der Waals surface area contributed by atoms with Gasteiger partial charge in [-0.15, -0.1) is 11.8 Å². The molecule has 2 aromatic carbocycles. The number of hydrogen-bond donors (Lipinski definition) is 1. The van der Waals surface area contributed by atoms with Crippen molar-refractivity contribution >= 4 is 29.3 Å². The largest absolute Gasteiger partial charge is 0.455 e. The summed E-state index contributed by atoms with van der Waals surface area (Å²) in [4.78, 5) is 24.6. The molecule has 0 spiro atoms. The molecule has 0 unspecified atom stereocenters. The Morgan fingerprint density at radius 2 is 1.64 bits per heavy atom. The lowest BCUT2D eigenvalue weighted by Crippen LogP contribution is -2.24. The molecular weight excluding hydrogens is 298 g/mol. The number of esters is 1. The van der Waals surface area contributed by atoms with E-state index in [-0.39, 0.29) is 17.8 Å². The first-order chi connectivity index (χ1) is 10.6. The summed E-state index contributed by atoms with van der Waals surface area (Å²) in [7, 11) is 0. The van der Waals surface area contributed by atoms with Crippen LogP contribution < -0.4 is 5.32 Å². The van der Waals surface area contributed by atoms with Gasteiger partial charge in [-0.05, 0) is 31.2 Å². The molecule has 1 N–H and O–H groups in total.